The van der Waals surface area contributed by atoms with Gasteiger partial charge in [-0.1, -0.05) is 23.9 Å². The van der Waals surface area contributed by atoms with Gasteiger partial charge >= 0.3 is 0 Å². The highest BCUT2D eigenvalue weighted by Crippen LogP contribution is 2.22. The minimum Gasteiger partial charge on any atom is -0.496 e. The Bertz CT molecular complexity index is 554. The first-order chi connectivity index (χ1) is 10.4. The smallest absolute Gasteiger partial charge is 0.177 e. The molecule has 0 radical (unpaired) electrons. The molecule has 2 aliphatic heterocycles. The lowest BCUT2D eigenvalue weighted by atomic mass is 10.1. The standard InChI is InChI=1S/C15H19N3O2S/c1-19-14-7-3-2-6-12(14)13-10-21-15(18-17-13)16-9-11-5-4-8-20-11/h2-3,6-7,11H,4-5,8-10H2,1H3,(H,16,18)/t11-/m0/s1. The van der Waals surface area contributed by atoms with Crippen molar-refractivity contribution >= 4 is 22.6 Å². The van der Waals surface area contributed by atoms with Gasteiger partial charge in [0.25, 0.3) is 0 Å². The fraction of sp³-hybridized carbons (Fsp3) is 0.467. The van der Waals surface area contributed by atoms with E-state index < -0.39 is 0 Å². The SMILES string of the molecule is COc1ccccc1C1=NNC(=NC[C@@H]2CCCO2)SC1. The number of hydrogen-bond donors (Lipinski definition) is 1. The van der Waals surface area contributed by atoms with Crippen LogP contribution in [0, 0.1) is 0 Å². The summed E-state index contributed by atoms with van der Waals surface area (Å²) in [6.45, 7) is 1.58. The Morgan fingerprint density at radius 1 is 1.48 bits per heavy atom. The number of nitrogens with one attached hydrogen (secondary N) is 1. The monoisotopic (exact) mass is 305 g/mol. The van der Waals surface area contributed by atoms with Crippen molar-refractivity contribution in [3.63, 3.8) is 0 Å². The highest BCUT2D eigenvalue weighted by Gasteiger charge is 2.18. The number of aliphatic imine (C=N–C) groups is 1. The van der Waals surface area contributed by atoms with Crippen LogP contribution >= 0.6 is 11.8 Å². The molecule has 1 fully saturated rings. The van der Waals surface area contributed by atoms with Gasteiger partial charge < -0.3 is 9.47 Å². The molecule has 1 atom stereocenters. The predicted molar refractivity (Wildman–Crippen MR) is 86.4 cm³/mol. The topological polar surface area (TPSA) is 55.2 Å². The second-order valence-corrected chi connectivity index (χ2v) is 5.90. The molecular formula is C15H19N3O2S. The number of nitrogens with zero attached hydrogens (tertiary/aromatic N) is 2. The maximum atomic E-state index is 5.57. The first-order valence-corrected chi connectivity index (χ1v) is 8.10. The molecule has 0 amide bonds. The zero-order valence-electron chi connectivity index (χ0n) is 12.0. The molecule has 0 bridgehead atoms. The lowest BCUT2D eigenvalue weighted by Gasteiger charge is -2.17. The third-order valence-electron chi connectivity index (χ3n) is 3.51. The molecule has 0 unspecified atom stereocenters. The van der Waals surface area contributed by atoms with Gasteiger partial charge in [-0.25, -0.2) is 0 Å². The van der Waals surface area contributed by atoms with Gasteiger partial charge in [-0.05, 0) is 25.0 Å². The Hall–Kier alpha value is -1.53. The molecule has 5 nitrogen and oxygen atoms in total. The fourth-order valence-corrected chi connectivity index (χ4v) is 3.16. The first-order valence-electron chi connectivity index (χ1n) is 7.11. The van der Waals surface area contributed by atoms with Crippen LogP contribution < -0.4 is 10.2 Å². The number of amidine groups is 1. The third-order valence-corrected chi connectivity index (χ3v) is 4.42. The number of methoxy groups -OCH3 is 1. The first kappa shape index (κ1) is 14.4. The summed E-state index contributed by atoms with van der Waals surface area (Å²) in [5.41, 5.74) is 5.04. The van der Waals surface area contributed by atoms with Crippen molar-refractivity contribution in [3.05, 3.63) is 29.8 Å². The molecule has 21 heavy (non-hydrogen) atoms. The lowest BCUT2D eigenvalue weighted by Crippen LogP contribution is -2.26. The highest BCUT2D eigenvalue weighted by atomic mass is 32.2. The predicted octanol–water partition coefficient (Wildman–Crippen LogP) is 2.27. The van der Waals surface area contributed by atoms with Crippen molar-refractivity contribution in [1.82, 2.24) is 5.43 Å². The minimum atomic E-state index is 0.277. The van der Waals surface area contributed by atoms with Crippen molar-refractivity contribution in [2.45, 2.75) is 18.9 Å². The Kier molecular flexibility index (Phi) is 4.77. The zero-order chi connectivity index (χ0) is 14.5. The zero-order valence-corrected chi connectivity index (χ0v) is 12.9. The molecule has 0 aliphatic carbocycles. The molecular weight excluding hydrogens is 286 g/mol. The Balaban J connectivity index is 1.64. The highest BCUT2D eigenvalue weighted by molar-refractivity contribution is 8.14. The molecule has 0 spiro atoms. The normalized spacial score (nSPS) is 23.8. The van der Waals surface area contributed by atoms with Crippen LogP contribution in [0.15, 0.2) is 34.4 Å². The van der Waals surface area contributed by atoms with Crippen molar-refractivity contribution in [2.75, 3.05) is 26.0 Å². The quantitative estimate of drug-likeness (QED) is 0.927. The van der Waals surface area contributed by atoms with Crippen LogP contribution in [0.4, 0.5) is 0 Å². The van der Waals surface area contributed by atoms with E-state index in [1.54, 1.807) is 18.9 Å². The van der Waals surface area contributed by atoms with Gasteiger partial charge in [-0.2, -0.15) is 5.10 Å². The van der Waals surface area contributed by atoms with Gasteiger partial charge in [0.1, 0.15) is 5.75 Å². The Morgan fingerprint density at radius 2 is 2.38 bits per heavy atom. The summed E-state index contributed by atoms with van der Waals surface area (Å²) < 4.78 is 10.9. The van der Waals surface area contributed by atoms with E-state index >= 15 is 0 Å². The Labute approximate surface area is 128 Å². The van der Waals surface area contributed by atoms with E-state index in [-0.39, 0.29) is 6.10 Å². The second-order valence-electron chi connectivity index (χ2n) is 4.94. The summed E-state index contributed by atoms with van der Waals surface area (Å²) in [5.74, 6) is 1.64. The molecule has 1 aromatic carbocycles. The molecule has 112 valence electrons. The van der Waals surface area contributed by atoms with E-state index in [1.165, 1.54) is 0 Å². The van der Waals surface area contributed by atoms with Crippen LogP contribution in [0.1, 0.15) is 18.4 Å². The van der Waals surface area contributed by atoms with Crippen LogP contribution in [0.5, 0.6) is 5.75 Å². The summed E-state index contributed by atoms with van der Waals surface area (Å²) in [6.07, 6.45) is 2.53. The summed E-state index contributed by atoms with van der Waals surface area (Å²) in [4.78, 5) is 4.54. The molecule has 2 heterocycles. The number of para-hydroxylation sites is 1. The number of thioether (sulfide) groups is 1. The van der Waals surface area contributed by atoms with E-state index in [0.717, 1.165) is 53.9 Å². The average Bonchev–Trinajstić information content (AvgIpc) is 3.07. The van der Waals surface area contributed by atoms with Crippen LogP contribution in [0.25, 0.3) is 0 Å². The summed E-state index contributed by atoms with van der Waals surface area (Å²) in [7, 11) is 1.68. The van der Waals surface area contributed by atoms with E-state index in [1.807, 2.05) is 24.3 Å². The lowest BCUT2D eigenvalue weighted by molar-refractivity contribution is 0.118. The van der Waals surface area contributed by atoms with Crippen LogP contribution in [-0.4, -0.2) is 43.0 Å². The number of benzene rings is 1. The van der Waals surface area contributed by atoms with Gasteiger partial charge in [0, 0.05) is 17.9 Å². The molecule has 6 heteroatoms. The van der Waals surface area contributed by atoms with Gasteiger partial charge in [0.2, 0.25) is 0 Å². The molecule has 2 aliphatic rings. The van der Waals surface area contributed by atoms with Crippen molar-refractivity contribution in [3.8, 4) is 5.75 Å². The van der Waals surface area contributed by atoms with Gasteiger partial charge in [0.15, 0.2) is 5.17 Å². The van der Waals surface area contributed by atoms with Gasteiger partial charge in [-0.15, -0.1) is 0 Å². The summed E-state index contributed by atoms with van der Waals surface area (Å²) in [6, 6.07) is 7.92. The van der Waals surface area contributed by atoms with E-state index in [9.17, 15) is 0 Å². The number of hydrazone groups is 1. The van der Waals surface area contributed by atoms with E-state index in [0.29, 0.717) is 0 Å². The minimum absolute atomic E-state index is 0.277. The Morgan fingerprint density at radius 3 is 3.10 bits per heavy atom. The summed E-state index contributed by atoms with van der Waals surface area (Å²) >= 11 is 1.67. The van der Waals surface area contributed by atoms with Gasteiger partial charge in [0.05, 0.1) is 25.5 Å². The van der Waals surface area contributed by atoms with Crippen LogP contribution in [0.2, 0.25) is 0 Å². The van der Waals surface area contributed by atoms with E-state index in [4.69, 9.17) is 9.47 Å². The molecule has 1 saturated heterocycles. The van der Waals surface area contributed by atoms with E-state index in [2.05, 4.69) is 15.5 Å². The number of hydrogen-bond acceptors (Lipinski definition) is 5. The largest absolute Gasteiger partial charge is 0.496 e. The molecule has 0 saturated carbocycles. The van der Waals surface area contributed by atoms with Crippen LogP contribution in [0.3, 0.4) is 0 Å². The second kappa shape index (κ2) is 6.95. The number of rotatable bonds is 4. The van der Waals surface area contributed by atoms with Crippen molar-refractivity contribution in [1.29, 1.82) is 0 Å². The van der Waals surface area contributed by atoms with Crippen LogP contribution in [-0.2, 0) is 4.74 Å². The molecule has 1 N–H and O–H groups in total. The molecule has 1 aromatic rings. The number of ether oxygens (including phenoxy) is 2. The molecule has 0 aromatic heterocycles. The summed E-state index contributed by atoms with van der Waals surface area (Å²) in [5, 5.41) is 5.29. The van der Waals surface area contributed by atoms with Crippen molar-refractivity contribution < 1.29 is 9.47 Å². The maximum absolute atomic E-state index is 5.57. The average molecular weight is 305 g/mol. The third kappa shape index (κ3) is 3.57. The van der Waals surface area contributed by atoms with Gasteiger partial charge in [-0.3, -0.25) is 10.4 Å². The maximum Gasteiger partial charge on any atom is 0.177 e. The van der Waals surface area contributed by atoms with Crippen molar-refractivity contribution in [2.24, 2.45) is 10.1 Å². The fourth-order valence-electron chi connectivity index (χ4n) is 2.39. The molecule has 3 rings (SSSR count).